The van der Waals surface area contributed by atoms with E-state index in [2.05, 4.69) is 15.3 Å². The van der Waals surface area contributed by atoms with Crippen LogP contribution < -0.4 is 10.2 Å². The first-order valence-corrected chi connectivity index (χ1v) is 9.85. The van der Waals surface area contributed by atoms with E-state index in [1.807, 2.05) is 22.1 Å². The predicted molar refractivity (Wildman–Crippen MR) is 102 cm³/mol. The van der Waals surface area contributed by atoms with E-state index in [1.54, 1.807) is 18.5 Å². The number of nitrogens with zero attached hydrogens (tertiary/aromatic N) is 5. The maximum Gasteiger partial charge on any atom is 0.326 e. The van der Waals surface area contributed by atoms with Gasteiger partial charge in [-0.05, 0) is 24.5 Å². The number of nitriles is 1. The van der Waals surface area contributed by atoms with Crippen molar-refractivity contribution in [3.63, 3.8) is 0 Å². The van der Waals surface area contributed by atoms with E-state index in [0.29, 0.717) is 44.3 Å². The van der Waals surface area contributed by atoms with E-state index >= 15 is 0 Å². The van der Waals surface area contributed by atoms with Crippen LogP contribution in [0.3, 0.4) is 0 Å². The van der Waals surface area contributed by atoms with Crippen LogP contribution in [-0.2, 0) is 9.59 Å². The molecule has 1 aliphatic heterocycles. The van der Waals surface area contributed by atoms with Crippen molar-refractivity contribution in [3.8, 4) is 6.07 Å². The van der Waals surface area contributed by atoms with E-state index in [-0.39, 0.29) is 5.57 Å². The third-order valence-electron chi connectivity index (χ3n) is 4.04. The molecule has 1 fully saturated rings. The first-order chi connectivity index (χ1) is 13.0. The number of rotatable bonds is 8. The lowest BCUT2D eigenvalue weighted by atomic mass is 10.2. The summed E-state index contributed by atoms with van der Waals surface area (Å²) >= 11 is 1.50. The van der Waals surface area contributed by atoms with Gasteiger partial charge in [-0.25, -0.2) is 14.8 Å². The number of carboxylic acid groups (broad SMARTS) is 1. The van der Waals surface area contributed by atoms with Gasteiger partial charge in [0, 0.05) is 44.8 Å². The quantitative estimate of drug-likeness (QED) is 0.477. The molecule has 1 saturated heterocycles. The molecule has 1 atom stereocenters. The van der Waals surface area contributed by atoms with E-state index < -0.39 is 17.9 Å². The van der Waals surface area contributed by atoms with E-state index in [0.717, 1.165) is 0 Å². The number of anilines is 1. The van der Waals surface area contributed by atoms with Crippen molar-refractivity contribution in [1.29, 1.82) is 5.26 Å². The SMILES string of the molecule is CSCCC(NC(=O)/C(C#N)=C\N1CCN(c2ncccn2)CC1)C(=O)O. The monoisotopic (exact) mass is 390 g/mol. The lowest BCUT2D eigenvalue weighted by molar-refractivity contribution is -0.141. The Morgan fingerprint density at radius 3 is 2.59 bits per heavy atom. The number of carboxylic acids is 1. The van der Waals surface area contributed by atoms with Gasteiger partial charge in [-0.2, -0.15) is 17.0 Å². The fourth-order valence-electron chi connectivity index (χ4n) is 2.56. The summed E-state index contributed by atoms with van der Waals surface area (Å²) in [6, 6.07) is 2.61. The molecule has 1 aliphatic rings. The molecule has 144 valence electrons. The Bertz CT molecular complexity index is 713. The molecule has 1 amide bonds. The van der Waals surface area contributed by atoms with Crippen molar-refractivity contribution in [2.45, 2.75) is 12.5 Å². The Hall–Kier alpha value is -2.80. The molecule has 10 heteroatoms. The van der Waals surface area contributed by atoms with Crippen molar-refractivity contribution >= 4 is 29.6 Å². The minimum absolute atomic E-state index is 0.102. The summed E-state index contributed by atoms with van der Waals surface area (Å²) < 4.78 is 0. The Labute approximate surface area is 162 Å². The molecule has 0 aliphatic carbocycles. The first-order valence-electron chi connectivity index (χ1n) is 8.45. The normalized spacial score (nSPS) is 15.8. The highest BCUT2D eigenvalue weighted by Crippen LogP contribution is 2.11. The molecular weight excluding hydrogens is 368 g/mol. The Morgan fingerprint density at radius 1 is 1.37 bits per heavy atom. The predicted octanol–water partition coefficient (Wildman–Crippen LogP) is 0.329. The number of aliphatic carboxylic acids is 1. The second kappa shape index (κ2) is 10.4. The molecule has 0 aromatic carbocycles. The van der Waals surface area contributed by atoms with Gasteiger partial charge in [0.1, 0.15) is 17.7 Å². The summed E-state index contributed by atoms with van der Waals surface area (Å²) in [5, 5.41) is 20.9. The average Bonchev–Trinajstić information content (AvgIpc) is 2.70. The summed E-state index contributed by atoms with van der Waals surface area (Å²) in [7, 11) is 0. The van der Waals surface area contributed by atoms with Crippen molar-refractivity contribution in [3.05, 3.63) is 30.2 Å². The lowest BCUT2D eigenvalue weighted by Gasteiger charge is -2.34. The molecule has 27 heavy (non-hydrogen) atoms. The number of carbonyl (C=O) groups excluding carboxylic acids is 1. The maximum atomic E-state index is 12.3. The zero-order valence-corrected chi connectivity index (χ0v) is 15.9. The number of aromatic nitrogens is 2. The van der Waals surface area contributed by atoms with Crippen LogP contribution in [0.4, 0.5) is 5.95 Å². The molecule has 2 heterocycles. The van der Waals surface area contributed by atoms with Crippen LogP contribution >= 0.6 is 11.8 Å². The van der Waals surface area contributed by atoms with Crippen LogP contribution in [-0.4, -0.2) is 76.1 Å². The fourth-order valence-corrected chi connectivity index (χ4v) is 3.03. The van der Waals surface area contributed by atoms with Crippen LogP contribution in [0.2, 0.25) is 0 Å². The largest absolute Gasteiger partial charge is 0.480 e. The summed E-state index contributed by atoms with van der Waals surface area (Å²) in [5.74, 6) is -0.518. The van der Waals surface area contributed by atoms with Crippen molar-refractivity contribution in [2.24, 2.45) is 0 Å². The van der Waals surface area contributed by atoms with Crippen LogP contribution in [0, 0.1) is 11.3 Å². The Morgan fingerprint density at radius 2 is 2.04 bits per heavy atom. The third-order valence-corrected chi connectivity index (χ3v) is 4.68. The summed E-state index contributed by atoms with van der Waals surface area (Å²) in [4.78, 5) is 35.9. The number of hydrogen-bond donors (Lipinski definition) is 2. The number of piperazine rings is 1. The molecule has 0 spiro atoms. The second-order valence-electron chi connectivity index (χ2n) is 5.87. The van der Waals surface area contributed by atoms with Gasteiger partial charge in [-0.15, -0.1) is 0 Å². The van der Waals surface area contributed by atoms with Crippen LogP contribution in [0.5, 0.6) is 0 Å². The summed E-state index contributed by atoms with van der Waals surface area (Å²) in [6.07, 6.45) is 7.02. The molecule has 9 nitrogen and oxygen atoms in total. The van der Waals surface area contributed by atoms with Gasteiger partial charge >= 0.3 is 5.97 Å². The lowest BCUT2D eigenvalue weighted by Crippen LogP contribution is -2.45. The molecule has 2 N–H and O–H groups in total. The summed E-state index contributed by atoms with van der Waals surface area (Å²) in [5.41, 5.74) is -0.102. The van der Waals surface area contributed by atoms with Crippen molar-refractivity contribution < 1.29 is 14.7 Å². The van der Waals surface area contributed by atoms with Gasteiger partial charge in [0.15, 0.2) is 0 Å². The zero-order chi connectivity index (χ0) is 19.6. The van der Waals surface area contributed by atoms with Crippen molar-refractivity contribution in [2.75, 3.05) is 43.1 Å². The highest BCUT2D eigenvalue weighted by Gasteiger charge is 2.23. The van der Waals surface area contributed by atoms with Crippen LogP contribution in [0.25, 0.3) is 0 Å². The van der Waals surface area contributed by atoms with Crippen molar-refractivity contribution in [1.82, 2.24) is 20.2 Å². The number of thioether (sulfide) groups is 1. The number of amides is 1. The molecule has 1 aromatic heterocycles. The van der Waals surface area contributed by atoms with E-state index in [1.165, 1.54) is 18.0 Å². The minimum atomic E-state index is -1.11. The number of nitrogens with one attached hydrogen (secondary N) is 1. The fraction of sp³-hybridized carbons (Fsp3) is 0.471. The average molecular weight is 390 g/mol. The maximum absolute atomic E-state index is 12.3. The Kier molecular flexibility index (Phi) is 7.88. The molecule has 1 aromatic rings. The number of carbonyl (C=O) groups is 2. The summed E-state index contributed by atoms with van der Waals surface area (Å²) in [6.45, 7) is 2.52. The standard InChI is InChI=1S/C17H22N6O3S/c1-27-10-3-14(16(25)26)21-15(24)13(11-18)12-22-6-8-23(9-7-22)17-19-4-2-5-20-17/h2,4-5,12,14H,3,6-10H2,1H3,(H,21,24)(H,25,26)/b13-12-. The highest BCUT2D eigenvalue weighted by atomic mass is 32.2. The van der Waals surface area contributed by atoms with Gasteiger partial charge in [0.05, 0.1) is 0 Å². The van der Waals surface area contributed by atoms with Gasteiger partial charge in [-0.1, -0.05) is 0 Å². The molecule has 1 unspecified atom stereocenters. The highest BCUT2D eigenvalue weighted by molar-refractivity contribution is 7.98. The van der Waals surface area contributed by atoms with E-state index in [4.69, 9.17) is 0 Å². The first kappa shape index (κ1) is 20.5. The molecule has 2 rings (SSSR count). The van der Waals surface area contributed by atoms with E-state index in [9.17, 15) is 20.0 Å². The topological polar surface area (TPSA) is 122 Å². The number of hydrogen-bond acceptors (Lipinski definition) is 8. The molecule has 0 saturated carbocycles. The zero-order valence-electron chi connectivity index (χ0n) is 15.0. The molecule has 0 bridgehead atoms. The molecule has 0 radical (unpaired) electrons. The van der Waals surface area contributed by atoms with Crippen LogP contribution in [0.1, 0.15) is 6.42 Å². The van der Waals surface area contributed by atoms with Gasteiger partial charge < -0.3 is 20.2 Å². The molecular formula is C17H22N6O3S. The van der Waals surface area contributed by atoms with Gasteiger partial charge in [0.2, 0.25) is 5.95 Å². The second-order valence-corrected chi connectivity index (χ2v) is 6.86. The third kappa shape index (κ3) is 6.14. The Balaban J connectivity index is 1.94. The van der Waals surface area contributed by atoms with Gasteiger partial charge in [0.25, 0.3) is 5.91 Å². The smallest absolute Gasteiger partial charge is 0.326 e. The van der Waals surface area contributed by atoms with Crippen LogP contribution in [0.15, 0.2) is 30.2 Å². The minimum Gasteiger partial charge on any atom is -0.480 e. The van der Waals surface area contributed by atoms with Gasteiger partial charge in [-0.3, -0.25) is 4.79 Å².